The lowest BCUT2D eigenvalue weighted by atomic mass is 10.1. The average molecular weight is 444 g/mol. The maximum absolute atomic E-state index is 12.7. The van der Waals surface area contributed by atoms with E-state index in [2.05, 4.69) is 10.6 Å². The number of nitro benzene ring substituents is 1. The summed E-state index contributed by atoms with van der Waals surface area (Å²) in [4.78, 5) is 35.7. The lowest BCUT2D eigenvalue weighted by Gasteiger charge is -2.14. The van der Waals surface area contributed by atoms with E-state index in [1.807, 2.05) is 30.3 Å². The number of amides is 2. The Balaban J connectivity index is 1.85. The first-order valence-electron chi connectivity index (χ1n) is 8.72. The van der Waals surface area contributed by atoms with E-state index >= 15 is 0 Å². The van der Waals surface area contributed by atoms with Crippen molar-refractivity contribution in [1.29, 1.82) is 0 Å². The minimum atomic E-state index is -0.653. The highest BCUT2D eigenvalue weighted by molar-refractivity contribution is 6.38. The zero-order chi connectivity index (χ0) is 21.7. The zero-order valence-corrected chi connectivity index (χ0v) is 16.9. The highest BCUT2D eigenvalue weighted by atomic mass is 35.5. The number of non-ortho nitro benzene ring substituents is 1. The number of carbonyl (C=O) groups is 2. The normalized spacial score (nSPS) is 10.3. The summed E-state index contributed by atoms with van der Waals surface area (Å²) in [5.74, 6) is -1.14. The fraction of sp³-hybridized carbons (Fsp3) is 0.0476. The molecule has 0 spiro atoms. The number of halogens is 2. The first-order chi connectivity index (χ1) is 14.3. The molecule has 2 N–H and O–H groups in total. The van der Waals surface area contributed by atoms with Crippen molar-refractivity contribution in [2.75, 3.05) is 5.32 Å². The predicted molar refractivity (Wildman–Crippen MR) is 115 cm³/mol. The zero-order valence-electron chi connectivity index (χ0n) is 15.4. The Labute approximate surface area is 181 Å². The molecule has 3 aromatic rings. The number of hydrogen-bond acceptors (Lipinski definition) is 4. The second-order valence-electron chi connectivity index (χ2n) is 6.24. The molecule has 0 saturated heterocycles. The Morgan fingerprint density at radius 3 is 2.37 bits per heavy atom. The van der Waals surface area contributed by atoms with Gasteiger partial charge >= 0.3 is 0 Å². The number of hydrogen-bond donors (Lipinski definition) is 2. The van der Waals surface area contributed by atoms with Gasteiger partial charge in [0.05, 0.1) is 21.2 Å². The van der Waals surface area contributed by atoms with Crippen LogP contribution in [0.5, 0.6) is 0 Å². The molecule has 0 atom stereocenters. The SMILES string of the molecule is O=C(Nc1c(Cl)cc(Cl)cc1C(=O)NCc1ccccc1)c1cccc([N+](=O)[O-])c1. The molecule has 0 aliphatic rings. The van der Waals surface area contributed by atoms with E-state index in [-0.39, 0.29) is 39.1 Å². The van der Waals surface area contributed by atoms with Gasteiger partial charge in [-0.3, -0.25) is 19.7 Å². The van der Waals surface area contributed by atoms with Crippen LogP contribution in [0.15, 0.2) is 66.7 Å². The molecule has 152 valence electrons. The smallest absolute Gasteiger partial charge is 0.270 e. The summed E-state index contributed by atoms with van der Waals surface area (Å²) in [6, 6.07) is 17.3. The monoisotopic (exact) mass is 443 g/mol. The average Bonchev–Trinajstić information content (AvgIpc) is 2.74. The number of anilines is 1. The summed E-state index contributed by atoms with van der Waals surface area (Å²) >= 11 is 12.3. The molecule has 7 nitrogen and oxygen atoms in total. The first kappa shape index (κ1) is 21.3. The van der Waals surface area contributed by atoms with Crippen LogP contribution in [-0.2, 0) is 6.54 Å². The van der Waals surface area contributed by atoms with Crippen molar-refractivity contribution in [2.45, 2.75) is 6.54 Å². The minimum Gasteiger partial charge on any atom is -0.348 e. The van der Waals surface area contributed by atoms with Crippen LogP contribution in [0.4, 0.5) is 11.4 Å². The van der Waals surface area contributed by atoms with E-state index in [0.29, 0.717) is 0 Å². The molecule has 0 bridgehead atoms. The standard InChI is InChI=1S/C21H15Cl2N3O4/c22-15-10-17(21(28)24-12-13-5-2-1-3-6-13)19(18(23)11-15)25-20(27)14-7-4-8-16(9-14)26(29)30/h1-11H,12H2,(H,24,28)(H,25,27). The fourth-order valence-electron chi connectivity index (χ4n) is 2.70. The van der Waals surface area contributed by atoms with Crippen LogP contribution in [0, 0.1) is 10.1 Å². The summed E-state index contributed by atoms with van der Waals surface area (Å²) < 4.78 is 0. The topological polar surface area (TPSA) is 101 Å². The highest BCUT2D eigenvalue weighted by Crippen LogP contribution is 2.31. The van der Waals surface area contributed by atoms with Crippen LogP contribution < -0.4 is 10.6 Å². The van der Waals surface area contributed by atoms with Gasteiger partial charge in [0.2, 0.25) is 0 Å². The lowest BCUT2D eigenvalue weighted by molar-refractivity contribution is -0.384. The molecule has 0 aliphatic heterocycles. The van der Waals surface area contributed by atoms with Crippen molar-refractivity contribution in [3.05, 3.63) is 104 Å². The summed E-state index contributed by atoms with van der Waals surface area (Å²) in [6.07, 6.45) is 0. The number of benzene rings is 3. The molecule has 0 unspecified atom stereocenters. The minimum absolute atomic E-state index is 0.0471. The number of nitrogens with one attached hydrogen (secondary N) is 2. The molecule has 0 aromatic heterocycles. The fourth-order valence-corrected chi connectivity index (χ4v) is 3.24. The molecule has 3 rings (SSSR count). The first-order valence-corrected chi connectivity index (χ1v) is 9.47. The molecule has 30 heavy (non-hydrogen) atoms. The molecule has 0 radical (unpaired) electrons. The Bertz CT molecular complexity index is 1120. The molecular formula is C21H15Cl2N3O4. The van der Waals surface area contributed by atoms with Gasteiger partial charge in [-0.25, -0.2) is 0 Å². The number of rotatable bonds is 6. The van der Waals surface area contributed by atoms with Crippen molar-refractivity contribution < 1.29 is 14.5 Å². The van der Waals surface area contributed by atoms with Crippen molar-refractivity contribution >= 4 is 46.4 Å². The molecule has 2 amide bonds. The van der Waals surface area contributed by atoms with Gasteiger partial charge in [0.15, 0.2) is 0 Å². The van der Waals surface area contributed by atoms with Crippen molar-refractivity contribution in [3.8, 4) is 0 Å². The van der Waals surface area contributed by atoms with Gasteiger partial charge in [-0.2, -0.15) is 0 Å². The predicted octanol–water partition coefficient (Wildman–Crippen LogP) is 5.08. The third kappa shape index (κ3) is 5.14. The third-order valence-corrected chi connectivity index (χ3v) is 4.67. The Morgan fingerprint density at radius 2 is 1.67 bits per heavy atom. The molecule has 0 heterocycles. The van der Waals surface area contributed by atoms with Gasteiger partial charge in [-0.05, 0) is 23.8 Å². The molecule has 0 fully saturated rings. The third-order valence-electron chi connectivity index (χ3n) is 4.15. The van der Waals surface area contributed by atoms with E-state index in [9.17, 15) is 19.7 Å². The van der Waals surface area contributed by atoms with Crippen LogP contribution in [0.25, 0.3) is 0 Å². The summed E-state index contributed by atoms with van der Waals surface area (Å²) in [6.45, 7) is 0.266. The maximum Gasteiger partial charge on any atom is 0.270 e. The van der Waals surface area contributed by atoms with Gasteiger partial charge in [-0.15, -0.1) is 0 Å². The quantitative estimate of drug-likeness (QED) is 0.409. The second kappa shape index (κ2) is 9.39. The van der Waals surface area contributed by atoms with Gasteiger partial charge in [0.1, 0.15) is 0 Å². The van der Waals surface area contributed by atoms with E-state index in [1.165, 1.54) is 30.3 Å². The molecule has 0 aliphatic carbocycles. The van der Waals surface area contributed by atoms with E-state index in [0.717, 1.165) is 11.6 Å². The van der Waals surface area contributed by atoms with Gasteiger partial charge in [0.25, 0.3) is 17.5 Å². The van der Waals surface area contributed by atoms with Crippen LogP contribution in [0.1, 0.15) is 26.3 Å². The van der Waals surface area contributed by atoms with Crippen LogP contribution in [-0.4, -0.2) is 16.7 Å². The Kier molecular flexibility index (Phi) is 6.66. The second-order valence-corrected chi connectivity index (χ2v) is 7.08. The van der Waals surface area contributed by atoms with E-state index in [1.54, 1.807) is 0 Å². The van der Waals surface area contributed by atoms with Crippen molar-refractivity contribution in [1.82, 2.24) is 5.32 Å². The van der Waals surface area contributed by atoms with Crippen LogP contribution in [0.3, 0.4) is 0 Å². The van der Waals surface area contributed by atoms with E-state index in [4.69, 9.17) is 23.2 Å². The van der Waals surface area contributed by atoms with E-state index < -0.39 is 16.7 Å². The molecule has 9 heteroatoms. The lowest BCUT2D eigenvalue weighted by Crippen LogP contribution is -2.25. The van der Waals surface area contributed by atoms with Gasteiger partial charge in [0, 0.05) is 29.3 Å². The summed E-state index contributed by atoms with van der Waals surface area (Å²) in [5.41, 5.74) is 0.836. The molecule has 3 aromatic carbocycles. The number of nitro groups is 1. The maximum atomic E-state index is 12.7. The van der Waals surface area contributed by atoms with Crippen molar-refractivity contribution in [2.24, 2.45) is 0 Å². The van der Waals surface area contributed by atoms with Crippen LogP contribution >= 0.6 is 23.2 Å². The van der Waals surface area contributed by atoms with Gasteiger partial charge < -0.3 is 10.6 Å². The highest BCUT2D eigenvalue weighted by Gasteiger charge is 2.20. The van der Waals surface area contributed by atoms with Crippen LogP contribution in [0.2, 0.25) is 10.0 Å². The number of nitrogens with zero attached hydrogens (tertiary/aromatic N) is 1. The Hall–Kier alpha value is -3.42. The van der Waals surface area contributed by atoms with Gasteiger partial charge in [-0.1, -0.05) is 59.6 Å². The van der Waals surface area contributed by atoms with Crippen molar-refractivity contribution in [3.63, 3.8) is 0 Å². The largest absolute Gasteiger partial charge is 0.348 e. The molecular weight excluding hydrogens is 429 g/mol. The summed E-state index contributed by atoms with van der Waals surface area (Å²) in [7, 11) is 0. The number of carbonyl (C=O) groups excluding carboxylic acids is 2. The molecule has 0 saturated carbocycles. The Morgan fingerprint density at radius 1 is 0.933 bits per heavy atom. The summed E-state index contributed by atoms with van der Waals surface area (Å²) in [5, 5.41) is 16.5.